The zero-order chi connectivity index (χ0) is 21.6. The molecule has 7 heteroatoms. The molecule has 0 saturated heterocycles. The van der Waals surface area contributed by atoms with Crippen molar-refractivity contribution in [3.05, 3.63) is 68.7 Å². The Morgan fingerprint density at radius 2 is 1.55 bits per heavy atom. The number of nitrogens with one attached hydrogen (secondary N) is 1. The first-order valence-corrected chi connectivity index (χ1v) is 10.6. The van der Waals surface area contributed by atoms with E-state index >= 15 is 0 Å². The van der Waals surface area contributed by atoms with Gasteiger partial charge in [0.05, 0.1) is 6.42 Å². The van der Waals surface area contributed by atoms with E-state index < -0.39 is 6.04 Å². The van der Waals surface area contributed by atoms with E-state index in [0.717, 1.165) is 5.56 Å². The Labute approximate surface area is 187 Å². The van der Waals surface area contributed by atoms with Crippen LogP contribution in [0.15, 0.2) is 42.5 Å². The summed E-state index contributed by atoms with van der Waals surface area (Å²) >= 11 is 18.5. The molecule has 29 heavy (non-hydrogen) atoms. The molecule has 0 spiro atoms. The third kappa shape index (κ3) is 6.91. The average Bonchev–Trinajstić information content (AvgIpc) is 2.67. The lowest BCUT2D eigenvalue weighted by Gasteiger charge is -2.29. The highest BCUT2D eigenvalue weighted by atomic mass is 35.5. The topological polar surface area (TPSA) is 49.4 Å². The summed E-state index contributed by atoms with van der Waals surface area (Å²) in [6, 6.07) is 11.6. The van der Waals surface area contributed by atoms with Gasteiger partial charge in [-0.25, -0.2) is 0 Å². The molecule has 0 aliphatic carbocycles. The van der Waals surface area contributed by atoms with Crippen molar-refractivity contribution in [1.82, 2.24) is 10.2 Å². The van der Waals surface area contributed by atoms with Gasteiger partial charge in [-0.3, -0.25) is 9.59 Å². The van der Waals surface area contributed by atoms with Gasteiger partial charge in [0.2, 0.25) is 11.8 Å². The zero-order valence-corrected chi connectivity index (χ0v) is 19.0. The third-order valence-corrected chi connectivity index (χ3v) is 5.47. The second-order valence-corrected chi connectivity index (χ2v) is 8.59. The van der Waals surface area contributed by atoms with Crippen LogP contribution in [0, 0.1) is 5.92 Å². The molecule has 0 aliphatic heterocycles. The van der Waals surface area contributed by atoms with E-state index in [0.29, 0.717) is 33.1 Å². The molecule has 0 bridgehead atoms. The summed E-state index contributed by atoms with van der Waals surface area (Å²) in [7, 11) is 0. The highest BCUT2D eigenvalue weighted by Crippen LogP contribution is 2.27. The summed E-state index contributed by atoms with van der Waals surface area (Å²) in [6.45, 7) is 6.41. The van der Waals surface area contributed by atoms with Crippen LogP contribution < -0.4 is 5.32 Å². The minimum absolute atomic E-state index is 0.140. The summed E-state index contributed by atoms with van der Waals surface area (Å²) < 4.78 is 0. The van der Waals surface area contributed by atoms with Crippen LogP contribution in [0.2, 0.25) is 15.1 Å². The van der Waals surface area contributed by atoms with E-state index in [2.05, 4.69) is 5.32 Å². The largest absolute Gasteiger partial charge is 0.354 e. The van der Waals surface area contributed by atoms with Crippen molar-refractivity contribution in [3.8, 4) is 0 Å². The molecule has 0 heterocycles. The van der Waals surface area contributed by atoms with E-state index in [9.17, 15) is 9.59 Å². The summed E-state index contributed by atoms with van der Waals surface area (Å²) in [4.78, 5) is 27.3. The van der Waals surface area contributed by atoms with Crippen LogP contribution in [0.4, 0.5) is 0 Å². The van der Waals surface area contributed by atoms with Crippen LogP contribution in [-0.2, 0) is 22.6 Å². The smallest absolute Gasteiger partial charge is 0.242 e. The van der Waals surface area contributed by atoms with Gasteiger partial charge in [-0.1, -0.05) is 66.8 Å². The summed E-state index contributed by atoms with van der Waals surface area (Å²) in [6.07, 6.45) is 0.140. The lowest BCUT2D eigenvalue weighted by atomic mass is 10.1. The van der Waals surface area contributed by atoms with E-state index in [-0.39, 0.29) is 24.8 Å². The number of halogens is 3. The van der Waals surface area contributed by atoms with Crippen molar-refractivity contribution < 1.29 is 9.59 Å². The molecule has 0 fully saturated rings. The summed E-state index contributed by atoms with van der Waals surface area (Å²) in [5.41, 5.74) is 1.42. The Morgan fingerprint density at radius 3 is 2.10 bits per heavy atom. The molecule has 1 unspecified atom stereocenters. The molecular formula is C22H25Cl3N2O2. The predicted molar refractivity (Wildman–Crippen MR) is 119 cm³/mol. The lowest BCUT2D eigenvalue weighted by molar-refractivity contribution is -0.140. The van der Waals surface area contributed by atoms with Crippen molar-refractivity contribution in [1.29, 1.82) is 0 Å². The van der Waals surface area contributed by atoms with Gasteiger partial charge in [-0.15, -0.1) is 0 Å². The van der Waals surface area contributed by atoms with Gasteiger partial charge in [0, 0.05) is 33.7 Å². The summed E-state index contributed by atoms with van der Waals surface area (Å²) in [5, 5.41) is 4.40. The fourth-order valence-electron chi connectivity index (χ4n) is 2.77. The minimum Gasteiger partial charge on any atom is -0.354 e. The van der Waals surface area contributed by atoms with Crippen LogP contribution >= 0.6 is 34.8 Å². The number of rotatable bonds is 8. The van der Waals surface area contributed by atoms with Gasteiger partial charge >= 0.3 is 0 Å². The Hall–Kier alpha value is -1.75. The molecule has 2 aromatic carbocycles. The van der Waals surface area contributed by atoms with E-state index in [1.807, 2.05) is 13.8 Å². The Balaban J connectivity index is 2.27. The molecule has 156 valence electrons. The molecule has 2 rings (SSSR count). The minimum atomic E-state index is -0.680. The first-order valence-electron chi connectivity index (χ1n) is 9.43. The normalized spacial score (nSPS) is 12.0. The van der Waals surface area contributed by atoms with Crippen LogP contribution in [0.5, 0.6) is 0 Å². The SMILES string of the molecule is CC(C)CNC(=O)C(C)N(Cc1c(Cl)cccc1Cl)C(=O)Cc1ccc(Cl)cc1. The molecule has 1 atom stereocenters. The summed E-state index contributed by atoms with van der Waals surface area (Å²) in [5.74, 6) is -0.107. The quantitative estimate of drug-likeness (QED) is 0.581. The standard InChI is InChI=1S/C22H25Cl3N2O2/c1-14(2)12-26-22(29)15(3)27(13-18-19(24)5-4-6-20(18)25)21(28)11-16-7-9-17(23)10-8-16/h4-10,14-15H,11-13H2,1-3H3,(H,26,29). The molecule has 0 aliphatic rings. The molecule has 0 saturated carbocycles. The fourth-order valence-corrected chi connectivity index (χ4v) is 3.41. The Morgan fingerprint density at radius 1 is 0.966 bits per heavy atom. The van der Waals surface area contributed by atoms with Crippen LogP contribution in [0.3, 0.4) is 0 Å². The van der Waals surface area contributed by atoms with Crippen molar-refractivity contribution in [2.45, 2.75) is 39.8 Å². The van der Waals surface area contributed by atoms with Gasteiger partial charge in [-0.2, -0.15) is 0 Å². The van der Waals surface area contributed by atoms with Gasteiger partial charge in [0.25, 0.3) is 0 Å². The predicted octanol–water partition coefficient (Wildman–Crippen LogP) is 5.38. The maximum Gasteiger partial charge on any atom is 0.242 e. The van der Waals surface area contributed by atoms with Gasteiger partial charge < -0.3 is 10.2 Å². The monoisotopic (exact) mass is 454 g/mol. The van der Waals surface area contributed by atoms with Crippen LogP contribution in [-0.4, -0.2) is 29.3 Å². The Kier molecular flexibility index (Phi) is 8.81. The van der Waals surface area contributed by atoms with E-state index in [1.54, 1.807) is 49.4 Å². The first-order chi connectivity index (χ1) is 13.7. The van der Waals surface area contributed by atoms with E-state index in [1.165, 1.54) is 4.90 Å². The van der Waals surface area contributed by atoms with Crippen LogP contribution in [0.1, 0.15) is 31.9 Å². The number of carbonyl (C=O) groups is 2. The Bertz CT molecular complexity index is 833. The second kappa shape index (κ2) is 10.9. The second-order valence-electron chi connectivity index (χ2n) is 7.34. The number of hydrogen-bond acceptors (Lipinski definition) is 2. The van der Waals surface area contributed by atoms with Gasteiger partial charge in [-0.05, 0) is 42.7 Å². The highest BCUT2D eigenvalue weighted by Gasteiger charge is 2.27. The maximum atomic E-state index is 13.1. The average molecular weight is 456 g/mol. The molecule has 1 N–H and O–H groups in total. The van der Waals surface area contributed by atoms with Gasteiger partial charge in [0.1, 0.15) is 6.04 Å². The number of benzene rings is 2. The van der Waals surface area contributed by atoms with Crippen molar-refractivity contribution in [3.63, 3.8) is 0 Å². The molecule has 2 amide bonds. The molecule has 4 nitrogen and oxygen atoms in total. The fraction of sp³-hybridized carbons (Fsp3) is 0.364. The first kappa shape index (κ1) is 23.5. The number of nitrogens with zero attached hydrogens (tertiary/aromatic N) is 1. The van der Waals surface area contributed by atoms with Crippen molar-refractivity contribution in [2.24, 2.45) is 5.92 Å². The zero-order valence-electron chi connectivity index (χ0n) is 16.7. The van der Waals surface area contributed by atoms with Crippen molar-refractivity contribution >= 4 is 46.6 Å². The third-order valence-electron chi connectivity index (χ3n) is 4.51. The highest BCUT2D eigenvalue weighted by molar-refractivity contribution is 6.36. The van der Waals surface area contributed by atoms with Crippen molar-refractivity contribution in [2.75, 3.05) is 6.54 Å². The molecule has 2 aromatic rings. The molecule has 0 radical (unpaired) electrons. The number of hydrogen-bond donors (Lipinski definition) is 1. The lowest BCUT2D eigenvalue weighted by Crippen LogP contribution is -2.48. The van der Waals surface area contributed by atoms with Crippen LogP contribution in [0.25, 0.3) is 0 Å². The maximum absolute atomic E-state index is 13.1. The van der Waals surface area contributed by atoms with Gasteiger partial charge in [0.15, 0.2) is 0 Å². The molecule has 0 aromatic heterocycles. The van der Waals surface area contributed by atoms with E-state index in [4.69, 9.17) is 34.8 Å². The number of carbonyl (C=O) groups excluding carboxylic acids is 2. The number of amides is 2. The molecular weight excluding hydrogens is 431 g/mol.